The Hall–Kier alpha value is -0.0400. The zero-order chi connectivity index (χ0) is 12.4. The Morgan fingerprint density at radius 2 is 1.12 bits per heavy atom. The number of hydrogen-bond acceptors (Lipinski definition) is 1. The van der Waals surface area contributed by atoms with Crippen molar-refractivity contribution in [3.8, 4) is 0 Å². The minimum atomic E-state index is 0.346. The van der Waals surface area contributed by atoms with Crippen molar-refractivity contribution >= 4 is 0 Å². The summed E-state index contributed by atoms with van der Waals surface area (Å²) >= 11 is 0. The summed E-state index contributed by atoms with van der Waals surface area (Å²) in [7, 11) is 0. The molecule has 0 unspecified atom stereocenters. The molecule has 1 aliphatic rings. The maximum atomic E-state index is 5.71. The second-order valence-electron chi connectivity index (χ2n) is 5.80. The molecule has 0 aromatic carbocycles. The van der Waals surface area contributed by atoms with Gasteiger partial charge in [0.2, 0.25) is 0 Å². The normalized spacial score (nSPS) is 17.3. The number of unbranched alkanes of at least 4 members (excludes halogenated alkanes) is 8. The molecule has 102 valence electrons. The van der Waals surface area contributed by atoms with Crippen LogP contribution >= 0.6 is 0 Å². The first kappa shape index (κ1) is 15.0. The maximum absolute atomic E-state index is 5.71. The number of rotatable bonds is 12. The zero-order valence-electron chi connectivity index (χ0n) is 12.1. The largest absolute Gasteiger partial charge is 0.370 e. The van der Waals surface area contributed by atoms with Gasteiger partial charge >= 0.3 is 0 Å². The second kappa shape index (κ2) is 8.97. The van der Waals surface area contributed by atoms with E-state index in [1.807, 2.05) is 0 Å². The van der Waals surface area contributed by atoms with Crippen molar-refractivity contribution in [3.63, 3.8) is 0 Å². The van der Waals surface area contributed by atoms with Gasteiger partial charge in [-0.2, -0.15) is 0 Å². The van der Waals surface area contributed by atoms with Crippen molar-refractivity contribution in [1.29, 1.82) is 0 Å². The van der Waals surface area contributed by atoms with Crippen LogP contribution in [0.1, 0.15) is 90.9 Å². The summed E-state index contributed by atoms with van der Waals surface area (Å²) in [5.41, 5.74) is 0.346. The van der Waals surface area contributed by atoms with Crippen LogP contribution < -0.4 is 0 Å². The van der Waals surface area contributed by atoms with E-state index in [4.69, 9.17) is 4.74 Å². The summed E-state index contributed by atoms with van der Waals surface area (Å²) in [6.07, 6.45) is 16.6. The molecule has 1 fully saturated rings. The third-order valence-electron chi connectivity index (χ3n) is 4.02. The lowest BCUT2D eigenvalue weighted by Gasteiger charge is -2.11. The fourth-order valence-corrected chi connectivity index (χ4v) is 2.62. The number of ether oxygens (including phenoxy) is 1. The van der Waals surface area contributed by atoms with Crippen LogP contribution in [0.15, 0.2) is 0 Å². The van der Waals surface area contributed by atoms with Crippen LogP contribution in [-0.2, 0) is 4.74 Å². The highest BCUT2D eigenvalue weighted by Gasteiger charge is 2.42. The van der Waals surface area contributed by atoms with E-state index in [1.54, 1.807) is 0 Å². The molecule has 1 nitrogen and oxygen atoms in total. The molecular formula is C16H32O. The molecule has 0 amide bonds. The number of hydrogen-bond donors (Lipinski definition) is 0. The maximum Gasteiger partial charge on any atom is 0.0916 e. The molecule has 1 saturated heterocycles. The first-order valence-corrected chi connectivity index (χ1v) is 7.97. The van der Waals surface area contributed by atoms with E-state index in [2.05, 4.69) is 13.8 Å². The Balaban J connectivity index is 1.92. The van der Waals surface area contributed by atoms with Gasteiger partial charge in [0.05, 0.1) is 12.2 Å². The monoisotopic (exact) mass is 240 g/mol. The SMILES string of the molecule is CCCCCCCC1(CCCCCCC)CO1. The predicted octanol–water partition coefficient (Wildman–Crippen LogP) is 5.48. The van der Waals surface area contributed by atoms with Crippen molar-refractivity contribution in [1.82, 2.24) is 0 Å². The Morgan fingerprint density at radius 1 is 0.706 bits per heavy atom. The van der Waals surface area contributed by atoms with Gasteiger partial charge in [-0.05, 0) is 12.8 Å². The van der Waals surface area contributed by atoms with Crippen molar-refractivity contribution < 1.29 is 4.74 Å². The summed E-state index contributed by atoms with van der Waals surface area (Å²) in [4.78, 5) is 0. The molecule has 0 aromatic rings. The van der Waals surface area contributed by atoms with Crippen LogP contribution in [0.5, 0.6) is 0 Å². The van der Waals surface area contributed by atoms with Crippen LogP contribution in [0.2, 0.25) is 0 Å². The summed E-state index contributed by atoms with van der Waals surface area (Å²) < 4.78 is 5.71. The Kier molecular flexibility index (Phi) is 7.92. The van der Waals surface area contributed by atoms with E-state index >= 15 is 0 Å². The average Bonchev–Trinajstić information content (AvgIpc) is 3.09. The van der Waals surface area contributed by atoms with Crippen LogP contribution in [-0.4, -0.2) is 12.2 Å². The molecule has 0 aromatic heterocycles. The van der Waals surface area contributed by atoms with Crippen LogP contribution in [0.4, 0.5) is 0 Å². The lowest BCUT2D eigenvalue weighted by molar-refractivity contribution is 0.260. The molecule has 0 atom stereocenters. The van der Waals surface area contributed by atoms with Crippen LogP contribution in [0, 0.1) is 0 Å². The topological polar surface area (TPSA) is 12.5 Å². The van der Waals surface area contributed by atoms with Gasteiger partial charge in [-0.15, -0.1) is 0 Å². The second-order valence-corrected chi connectivity index (χ2v) is 5.80. The molecule has 0 aliphatic carbocycles. The van der Waals surface area contributed by atoms with Gasteiger partial charge in [0.25, 0.3) is 0 Å². The molecule has 0 bridgehead atoms. The van der Waals surface area contributed by atoms with Gasteiger partial charge in [-0.1, -0.05) is 78.1 Å². The lowest BCUT2D eigenvalue weighted by atomic mass is 9.95. The molecule has 0 saturated carbocycles. The summed E-state index contributed by atoms with van der Waals surface area (Å²) in [5, 5.41) is 0. The van der Waals surface area contributed by atoms with Crippen LogP contribution in [0.25, 0.3) is 0 Å². The van der Waals surface area contributed by atoms with Gasteiger partial charge in [-0.25, -0.2) is 0 Å². The minimum absolute atomic E-state index is 0.346. The summed E-state index contributed by atoms with van der Waals surface area (Å²) in [6.45, 7) is 5.61. The van der Waals surface area contributed by atoms with Crippen molar-refractivity contribution in [2.45, 2.75) is 96.5 Å². The highest BCUT2D eigenvalue weighted by molar-refractivity contribution is 4.91. The van der Waals surface area contributed by atoms with Gasteiger partial charge in [-0.3, -0.25) is 0 Å². The molecule has 0 spiro atoms. The van der Waals surface area contributed by atoms with E-state index in [1.165, 1.54) is 77.0 Å². The van der Waals surface area contributed by atoms with E-state index in [0.717, 1.165) is 6.61 Å². The molecule has 1 aliphatic heterocycles. The molecule has 0 radical (unpaired) electrons. The molecular weight excluding hydrogens is 208 g/mol. The van der Waals surface area contributed by atoms with Gasteiger partial charge in [0.1, 0.15) is 0 Å². The Labute approximate surface area is 108 Å². The third-order valence-corrected chi connectivity index (χ3v) is 4.02. The lowest BCUT2D eigenvalue weighted by Crippen LogP contribution is -2.10. The van der Waals surface area contributed by atoms with Crippen molar-refractivity contribution in [2.75, 3.05) is 6.61 Å². The minimum Gasteiger partial charge on any atom is -0.370 e. The van der Waals surface area contributed by atoms with E-state index in [-0.39, 0.29) is 0 Å². The standard InChI is InChI=1S/C16H32O/c1-3-5-7-9-11-13-16(15-17-16)14-12-10-8-6-4-2/h3-15H2,1-2H3. The molecule has 17 heavy (non-hydrogen) atoms. The van der Waals surface area contributed by atoms with Crippen molar-refractivity contribution in [3.05, 3.63) is 0 Å². The van der Waals surface area contributed by atoms with E-state index in [0.29, 0.717) is 5.60 Å². The quantitative estimate of drug-likeness (QED) is 0.325. The molecule has 1 heteroatoms. The van der Waals surface area contributed by atoms with Gasteiger partial charge < -0.3 is 4.74 Å². The molecule has 1 heterocycles. The highest BCUT2D eigenvalue weighted by atomic mass is 16.6. The molecule has 0 N–H and O–H groups in total. The first-order chi connectivity index (χ1) is 8.33. The summed E-state index contributed by atoms with van der Waals surface area (Å²) in [5.74, 6) is 0. The molecule has 1 rings (SSSR count). The average molecular weight is 240 g/mol. The smallest absolute Gasteiger partial charge is 0.0916 e. The fourth-order valence-electron chi connectivity index (χ4n) is 2.62. The van der Waals surface area contributed by atoms with Gasteiger partial charge in [0, 0.05) is 0 Å². The van der Waals surface area contributed by atoms with Gasteiger partial charge in [0.15, 0.2) is 0 Å². The van der Waals surface area contributed by atoms with Crippen LogP contribution in [0.3, 0.4) is 0 Å². The summed E-state index contributed by atoms with van der Waals surface area (Å²) in [6, 6.07) is 0. The third kappa shape index (κ3) is 7.08. The Bertz CT molecular complexity index is 156. The predicted molar refractivity (Wildman–Crippen MR) is 75.4 cm³/mol. The van der Waals surface area contributed by atoms with Crippen molar-refractivity contribution in [2.24, 2.45) is 0 Å². The zero-order valence-corrected chi connectivity index (χ0v) is 12.1. The van der Waals surface area contributed by atoms with E-state index < -0.39 is 0 Å². The van der Waals surface area contributed by atoms with E-state index in [9.17, 15) is 0 Å². The Morgan fingerprint density at radius 3 is 1.47 bits per heavy atom. The first-order valence-electron chi connectivity index (χ1n) is 7.97. The number of epoxide rings is 1. The highest BCUT2D eigenvalue weighted by Crippen LogP contribution is 2.38. The fraction of sp³-hybridized carbons (Fsp3) is 1.00.